The number of tetrazole rings is 1. The Morgan fingerprint density at radius 1 is 1.46 bits per heavy atom. The van der Waals surface area contributed by atoms with Crippen molar-refractivity contribution in [2.75, 3.05) is 11.9 Å². The van der Waals surface area contributed by atoms with E-state index in [0.717, 1.165) is 18.8 Å². The van der Waals surface area contributed by atoms with E-state index in [-0.39, 0.29) is 0 Å². The van der Waals surface area contributed by atoms with E-state index < -0.39 is 0 Å². The lowest BCUT2D eigenvalue weighted by molar-refractivity contribution is 0.816. The highest BCUT2D eigenvalue weighted by Crippen LogP contribution is 2.04. The van der Waals surface area contributed by atoms with Crippen LogP contribution in [0.3, 0.4) is 0 Å². The van der Waals surface area contributed by atoms with Crippen LogP contribution in [0.1, 0.15) is 13.3 Å². The standard InChI is InChI=1S/C7H10N6/c1-2-3-9-6-4-8-5-7-10-11-12-13(6)7/h4-5,9H,2-3H2,1H3. The van der Waals surface area contributed by atoms with Crippen LogP contribution >= 0.6 is 0 Å². The van der Waals surface area contributed by atoms with Gasteiger partial charge in [-0.25, -0.2) is 0 Å². The number of nitrogens with one attached hydrogen (secondary N) is 1. The minimum Gasteiger partial charge on any atom is -0.369 e. The Balaban J connectivity index is 2.37. The van der Waals surface area contributed by atoms with Gasteiger partial charge in [0, 0.05) is 6.54 Å². The van der Waals surface area contributed by atoms with E-state index >= 15 is 0 Å². The number of fused-ring (bicyclic) bond motifs is 1. The van der Waals surface area contributed by atoms with Gasteiger partial charge in [0.25, 0.3) is 0 Å². The zero-order valence-corrected chi connectivity index (χ0v) is 7.30. The molecule has 6 nitrogen and oxygen atoms in total. The van der Waals surface area contributed by atoms with Crippen molar-refractivity contribution in [3.05, 3.63) is 12.4 Å². The summed E-state index contributed by atoms with van der Waals surface area (Å²) in [5, 5.41) is 14.3. The summed E-state index contributed by atoms with van der Waals surface area (Å²) >= 11 is 0. The van der Waals surface area contributed by atoms with Crippen LogP contribution in [0.4, 0.5) is 5.82 Å². The van der Waals surface area contributed by atoms with Gasteiger partial charge in [-0.3, -0.25) is 4.98 Å². The molecule has 2 aromatic rings. The molecule has 0 aliphatic carbocycles. The van der Waals surface area contributed by atoms with Crippen LogP contribution in [-0.2, 0) is 0 Å². The van der Waals surface area contributed by atoms with Gasteiger partial charge in [-0.2, -0.15) is 4.52 Å². The first-order chi connectivity index (χ1) is 6.42. The third-order valence-corrected chi connectivity index (χ3v) is 1.66. The van der Waals surface area contributed by atoms with E-state index in [4.69, 9.17) is 0 Å². The number of hydrogen-bond donors (Lipinski definition) is 1. The van der Waals surface area contributed by atoms with Gasteiger partial charge in [0.05, 0.1) is 12.4 Å². The molecular formula is C7H10N6. The fourth-order valence-electron chi connectivity index (χ4n) is 1.05. The van der Waals surface area contributed by atoms with Crippen molar-refractivity contribution < 1.29 is 0 Å². The highest BCUT2D eigenvalue weighted by molar-refractivity contribution is 5.43. The topological polar surface area (TPSA) is 68.0 Å². The van der Waals surface area contributed by atoms with Gasteiger partial charge in [-0.15, -0.1) is 5.10 Å². The molecule has 2 rings (SSSR count). The van der Waals surface area contributed by atoms with Crippen molar-refractivity contribution in [1.82, 2.24) is 25.0 Å². The molecule has 0 saturated heterocycles. The van der Waals surface area contributed by atoms with Crippen LogP contribution in [0.5, 0.6) is 0 Å². The first kappa shape index (κ1) is 7.90. The number of aromatic nitrogens is 5. The Kier molecular flexibility index (Phi) is 2.03. The second-order valence-corrected chi connectivity index (χ2v) is 2.67. The summed E-state index contributed by atoms with van der Waals surface area (Å²) in [7, 11) is 0. The third kappa shape index (κ3) is 1.42. The minimum absolute atomic E-state index is 0.654. The van der Waals surface area contributed by atoms with Gasteiger partial charge < -0.3 is 5.32 Å². The average molecular weight is 178 g/mol. The van der Waals surface area contributed by atoms with Crippen LogP contribution in [0.15, 0.2) is 12.4 Å². The van der Waals surface area contributed by atoms with Crippen LogP contribution < -0.4 is 5.32 Å². The van der Waals surface area contributed by atoms with E-state index in [9.17, 15) is 0 Å². The van der Waals surface area contributed by atoms with Crippen LogP contribution in [0.2, 0.25) is 0 Å². The summed E-state index contributed by atoms with van der Waals surface area (Å²) in [4.78, 5) is 4.01. The van der Waals surface area contributed by atoms with Gasteiger partial charge in [0.15, 0.2) is 5.65 Å². The van der Waals surface area contributed by atoms with Crippen molar-refractivity contribution >= 4 is 11.5 Å². The van der Waals surface area contributed by atoms with Gasteiger partial charge in [-0.05, 0) is 16.8 Å². The van der Waals surface area contributed by atoms with Crippen molar-refractivity contribution in [2.45, 2.75) is 13.3 Å². The fraction of sp³-hybridized carbons (Fsp3) is 0.429. The van der Waals surface area contributed by atoms with Gasteiger partial charge >= 0.3 is 0 Å². The summed E-state index contributed by atoms with van der Waals surface area (Å²) in [5.74, 6) is 0.823. The average Bonchev–Trinajstić information content (AvgIpc) is 2.62. The van der Waals surface area contributed by atoms with Gasteiger partial charge in [0.1, 0.15) is 5.82 Å². The van der Waals surface area contributed by atoms with Gasteiger partial charge in [-0.1, -0.05) is 6.92 Å². The van der Waals surface area contributed by atoms with E-state index in [1.807, 2.05) is 0 Å². The largest absolute Gasteiger partial charge is 0.369 e. The number of hydrogen-bond acceptors (Lipinski definition) is 5. The molecule has 0 saturated carbocycles. The predicted molar refractivity (Wildman–Crippen MR) is 47.4 cm³/mol. The third-order valence-electron chi connectivity index (χ3n) is 1.66. The Labute approximate surface area is 75.0 Å². The van der Waals surface area contributed by atoms with Crippen LogP contribution in [0.25, 0.3) is 5.65 Å². The second kappa shape index (κ2) is 3.34. The summed E-state index contributed by atoms with van der Waals surface area (Å²) in [5.41, 5.74) is 0.654. The molecule has 0 bridgehead atoms. The number of anilines is 1. The molecule has 2 heterocycles. The molecule has 0 fully saturated rings. The van der Waals surface area contributed by atoms with Crippen molar-refractivity contribution in [3.63, 3.8) is 0 Å². The normalized spacial score (nSPS) is 10.5. The maximum atomic E-state index is 4.01. The van der Waals surface area contributed by atoms with Gasteiger partial charge in [0.2, 0.25) is 0 Å². The van der Waals surface area contributed by atoms with Crippen molar-refractivity contribution in [2.24, 2.45) is 0 Å². The van der Waals surface area contributed by atoms with Crippen molar-refractivity contribution in [3.8, 4) is 0 Å². The zero-order valence-electron chi connectivity index (χ0n) is 7.30. The zero-order chi connectivity index (χ0) is 9.10. The maximum absolute atomic E-state index is 4.01. The van der Waals surface area contributed by atoms with E-state index in [2.05, 4.69) is 32.7 Å². The lowest BCUT2D eigenvalue weighted by Gasteiger charge is -2.03. The van der Waals surface area contributed by atoms with E-state index in [0.29, 0.717) is 5.65 Å². The molecule has 0 spiro atoms. The Bertz CT molecular complexity index is 395. The Morgan fingerprint density at radius 2 is 2.38 bits per heavy atom. The lowest BCUT2D eigenvalue weighted by atomic mass is 10.5. The smallest absolute Gasteiger partial charge is 0.199 e. The lowest BCUT2D eigenvalue weighted by Crippen LogP contribution is -2.06. The molecule has 0 radical (unpaired) electrons. The molecular weight excluding hydrogens is 168 g/mol. The maximum Gasteiger partial charge on any atom is 0.199 e. The molecule has 0 amide bonds. The molecule has 0 unspecified atom stereocenters. The highest BCUT2D eigenvalue weighted by atomic mass is 15.5. The first-order valence-corrected chi connectivity index (χ1v) is 4.18. The molecule has 6 heteroatoms. The minimum atomic E-state index is 0.654. The second-order valence-electron chi connectivity index (χ2n) is 2.67. The van der Waals surface area contributed by atoms with E-state index in [1.165, 1.54) is 0 Å². The van der Waals surface area contributed by atoms with Crippen molar-refractivity contribution in [1.29, 1.82) is 0 Å². The fourth-order valence-corrected chi connectivity index (χ4v) is 1.05. The Hall–Kier alpha value is -1.72. The highest BCUT2D eigenvalue weighted by Gasteiger charge is 2.01. The van der Waals surface area contributed by atoms with E-state index in [1.54, 1.807) is 16.9 Å². The molecule has 13 heavy (non-hydrogen) atoms. The molecule has 0 aliphatic heterocycles. The molecule has 68 valence electrons. The van der Waals surface area contributed by atoms with Crippen LogP contribution in [-0.4, -0.2) is 31.6 Å². The molecule has 0 atom stereocenters. The number of nitrogens with zero attached hydrogens (tertiary/aromatic N) is 5. The summed E-state index contributed by atoms with van der Waals surface area (Å²) in [6, 6.07) is 0. The summed E-state index contributed by atoms with van der Waals surface area (Å²) in [6.45, 7) is 2.99. The SMILES string of the molecule is CCCNc1cncc2nnnn12. The first-order valence-electron chi connectivity index (χ1n) is 4.18. The molecule has 2 aromatic heterocycles. The molecule has 0 aliphatic rings. The summed E-state index contributed by atoms with van der Waals surface area (Å²) in [6.07, 6.45) is 4.38. The quantitative estimate of drug-likeness (QED) is 0.734. The summed E-state index contributed by atoms with van der Waals surface area (Å²) < 4.78 is 1.63. The monoisotopic (exact) mass is 178 g/mol. The molecule has 0 aromatic carbocycles. The predicted octanol–water partition coefficient (Wildman–Crippen LogP) is 0.341. The Morgan fingerprint density at radius 3 is 3.23 bits per heavy atom. The van der Waals surface area contributed by atoms with Crippen LogP contribution in [0, 0.1) is 0 Å². The molecule has 1 N–H and O–H groups in total. The number of rotatable bonds is 3.